The molecule has 0 aliphatic rings. The number of hydrogen-bond donors (Lipinski definition) is 0. The number of nitrogens with zero attached hydrogens (tertiary/aromatic N) is 3. The van der Waals surface area contributed by atoms with Gasteiger partial charge in [0.2, 0.25) is 0 Å². The summed E-state index contributed by atoms with van der Waals surface area (Å²) in [5, 5.41) is 11.8. The Hall–Kier alpha value is -7.17. The van der Waals surface area contributed by atoms with E-state index in [0.29, 0.717) is 17.5 Å². The predicted molar refractivity (Wildman–Crippen MR) is 219 cm³/mol. The maximum absolute atomic E-state index is 6.62. The van der Waals surface area contributed by atoms with E-state index in [2.05, 4.69) is 133 Å². The lowest BCUT2D eigenvalue weighted by Crippen LogP contribution is -2.00. The van der Waals surface area contributed by atoms with E-state index in [9.17, 15) is 0 Å². The van der Waals surface area contributed by atoms with Crippen LogP contribution in [0.25, 0.3) is 110 Å². The smallest absolute Gasteiger partial charge is 0.164 e. The number of fused-ring (bicyclic) bond motifs is 9. The molecule has 246 valence electrons. The van der Waals surface area contributed by atoms with Gasteiger partial charge in [0.05, 0.1) is 0 Å². The van der Waals surface area contributed by atoms with Crippen molar-refractivity contribution in [2.75, 3.05) is 0 Å². The van der Waals surface area contributed by atoms with Crippen LogP contribution in [0.1, 0.15) is 0 Å². The highest BCUT2D eigenvalue weighted by atomic mass is 16.3. The Morgan fingerprint density at radius 2 is 0.943 bits per heavy atom. The van der Waals surface area contributed by atoms with Crippen molar-refractivity contribution in [3.63, 3.8) is 0 Å². The maximum atomic E-state index is 6.62. The first-order valence-corrected chi connectivity index (χ1v) is 17.9. The van der Waals surface area contributed by atoms with Crippen molar-refractivity contribution in [1.82, 2.24) is 15.0 Å². The number of furan rings is 1. The molecule has 4 nitrogen and oxygen atoms in total. The Morgan fingerprint density at radius 3 is 1.85 bits per heavy atom. The zero-order valence-electron chi connectivity index (χ0n) is 28.5. The van der Waals surface area contributed by atoms with E-state index in [1.54, 1.807) is 0 Å². The van der Waals surface area contributed by atoms with Crippen LogP contribution in [0, 0.1) is 0 Å². The normalized spacial score (nSPS) is 11.8. The third-order valence-corrected chi connectivity index (χ3v) is 10.5. The standard InChI is InChI=1S/C49H29N3O/c1-2-12-33(13-3-1)47-50-48(36-23-20-30-10-4-5-14-34(30)28-36)52-49(51-47)42-18-9-19-43-46(42)41-27-25-35(29-44(41)53-43)37-16-8-17-40-39(37)26-24-32-22-21-31-11-6-7-15-38(31)45(32)40/h1-29H. The van der Waals surface area contributed by atoms with Gasteiger partial charge in [-0.3, -0.25) is 0 Å². The lowest BCUT2D eigenvalue weighted by atomic mass is 9.92. The topological polar surface area (TPSA) is 51.8 Å². The SMILES string of the molecule is c1ccc(-c2nc(-c3ccc4ccccc4c3)nc(-c3cccc4oc5cc(-c6cccc7c6ccc6ccc8ccccc8c67)ccc5c34)n2)cc1. The lowest BCUT2D eigenvalue weighted by Gasteiger charge is -2.12. The maximum Gasteiger partial charge on any atom is 0.164 e. The molecule has 0 aliphatic carbocycles. The third-order valence-electron chi connectivity index (χ3n) is 10.5. The van der Waals surface area contributed by atoms with Crippen LogP contribution in [0.15, 0.2) is 180 Å². The molecule has 0 spiro atoms. The summed E-state index contributed by atoms with van der Waals surface area (Å²) in [5.74, 6) is 1.86. The monoisotopic (exact) mass is 675 g/mol. The highest BCUT2D eigenvalue weighted by Crippen LogP contribution is 2.41. The molecule has 0 atom stereocenters. The molecule has 0 amide bonds. The van der Waals surface area contributed by atoms with Gasteiger partial charge in [-0.15, -0.1) is 0 Å². The molecule has 0 fully saturated rings. The number of rotatable bonds is 4. The van der Waals surface area contributed by atoms with Crippen molar-refractivity contribution < 1.29 is 4.42 Å². The summed E-state index contributed by atoms with van der Waals surface area (Å²) < 4.78 is 6.62. The Labute approximate surface area is 304 Å². The van der Waals surface area contributed by atoms with Crippen LogP contribution in [0.4, 0.5) is 0 Å². The van der Waals surface area contributed by atoms with Crippen molar-refractivity contribution in [2.24, 2.45) is 0 Å². The molecule has 0 N–H and O–H groups in total. The molecular weight excluding hydrogens is 647 g/mol. The van der Waals surface area contributed by atoms with Gasteiger partial charge < -0.3 is 4.42 Å². The molecule has 0 unspecified atom stereocenters. The second-order valence-electron chi connectivity index (χ2n) is 13.6. The van der Waals surface area contributed by atoms with E-state index in [0.717, 1.165) is 49.6 Å². The van der Waals surface area contributed by atoms with Gasteiger partial charge >= 0.3 is 0 Å². The van der Waals surface area contributed by atoms with Crippen LogP contribution in [0.2, 0.25) is 0 Å². The van der Waals surface area contributed by atoms with E-state index in [1.807, 2.05) is 42.5 Å². The zero-order valence-corrected chi connectivity index (χ0v) is 28.5. The molecule has 0 saturated heterocycles. The number of hydrogen-bond acceptors (Lipinski definition) is 4. The molecule has 0 saturated carbocycles. The van der Waals surface area contributed by atoms with Crippen LogP contribution in [0.3, 0.4) is 0 Å². The Bertz CT molecular complexity index is 3240. The molecule has 4 heteroatoms. The second-order valence-corrected chi connectivity index (χ2v) is 13.6. The van der Waals surface area contributed by atoms with Gasteiger partial charge in [0.25, 0.3) is 0 Å². The van der Waals surface area contributed by atoms with Crippen LogP contribution in [-0.4, -0.2) is 15.0 Å². The summed E-state index contributed by atoms with van der Waals surface area (Å²) in [5.41, 5.74) is 6.66. The van der Waals surface area contributed by atoms with Gasteiger partial charge in [-0.25, -0.2) is 15.0 Å². The lowest BCUT2D eigenvalue weighted by molar-refractivity contribution is 0.669. The van der Waals surface area contributed by atoms with Gasteiger partial charge in [0.1, 0.15) is 11.2 Å². The van der Waals surface area contributed by atoms with E-state index >= 15 is 0 Å². The number of benzene rings is 9. The van der Waals surface area contributed by atoms with Gasteiger partial charge in [-0.1, -0.05) is 152 Å². The minimum absolute atomic E-state index is 0.604. The van der Waals surface area contributed by atoms with Crippen molar-refractivity contribution in [3.8, 4) is 45.3 Å². The van der Waals surface area contributed by atoms with E-state index < -0.39 is 0 Å². The fourth-order valence-corrected chi connectivity index (χ4v) is 7.97. The summed E-state index contributed by atoms with van der Waals surface area (Å²) in [6.07, 6.45) is 0. The molecule has 0 radical (unpaired) electrons. The largest absolute Gasteiger partial charge is 0.456 e. The molecule has 2 aromatic heterocycles. The summed E-state index contributed by atoms with van der Waals surface area (Å²) in [6.45, 7) is 0. The Balaban J connectivity index is 1.09. The molecule has 2 heterocycles. The van der Waals surface area contributed by atoms with Crippen molar-refractivity contribution in [1.29, 1.82) is 0 Å². The summed E-state index contributed by atoms with van der Waals surface area (Å²) in [7, 11) is 0. The third kappa shape index (κ3) is 4.80. The molecule has 11 aromatic rings. The van der Waals surface area contributed by atoms with Crippen LogP contribution in [-0.2, 0) is 0 Å². The average molecular weight is 676 g/mol. The molecular formula is C49H29N3O. The Morgan fingerprint density at radius 1 is 0.302 bits per heavy atom. The predicted octanol–water partition coefficient (Wildman–Crippen LogP) is 13.1. The van der Waals surface area contributed by atoms with Gasteiger partial charge in [0.15, 0.2) is 17.5 Å². The molecule has 0 aliphatic heterocycles. The Kier molecular flexibility index (Phi) is 6.52. The van der Waals surface area contributed by atoms with Crippen LogP contribution >= 0.6 is 0 Å². The average Bonchev–Trinajstić information content (AvgIpc) is 3.61. The fraction of sp³-hybridized carbons (Fsp3) is 0. The first kappa shape index (κ1) is 29.5. The van der Waals surface area contributed by atoms with Gasteiger partial charge in [0, 0.05) is 27.5 Å². The fourth-order valence-electron chi connectivity index (χ4n) is 7.97. The quantitative estimate of drug-likeness (QED) is 0.174. The van der Waals surface area contributed by atoms with Gasteiger partial charge in [-0.2, -0.15) is 0 Å². The highest BCUT2D eigenvalue weighted by molar-refractivity contribution is 6.22. The molecule has 53 heavy (non-hydrogen) atoms. The second kappa shape index (κ2) is 11.7. The zero-order chi connectivity index (χ0) is 34.9. The first-order valence-electron chi connectivity index (χ1n) is 17.9. The first-order chi connectivity index (χ1) is 26.2. The van der Waals surface area contributed by atoms with Crippen LogP contribution in [0.5, 0.6) is 0 Å². The van der Waals surface area contributed by atoms with Crippen LogP contribution < -0.4 is 0 Å². The van der Waals surface area contributed by atoms with E-state index in [4.69, 9.17) is 19.4 Å². The minimum atomic E-state index is 0.604. The molecule has 9 aromatic carbocycles. The van der Waals surface area contributed by atoms with Crippen molar-refractivity contribution in [2.45, 2.75) is 0 Å². The molecule has 11 rings (SSSR count). The van der Waals surface area contributed by atoms with Gasteiger partial charge in [-0.05, 0) is 78.5 Å². The van der Waals surface area contributed by atoms with E-state index in [-0.39, 0.29) is 0 Å². The summed E-state index contributed by atoms with van der Waals surface area (Å²) >= 11 is 0. The summed E-state index contributed by atoms with van der Waals surface area (Å²) in [6, 6.07) is 61.7. The van der Waals surface area contributed by atoms with Crippen molar-refractivity contribution >= 4 is 65.0 Å². The van der Waals surface area contributed by atoms with E-state index in [1.165, 1.54) is 43.3 Å². The highest BCUT2D eigenvalue weighted by Gasteiger charge is 2.19. The van der Waals surface area contributed by atoms with Crippen molar-refractivity contribution in [3.05, 3.63) is 176 Å². The minimum Gasteiger partial charge on any atom is -0.456 e. The molecule has 0 bridgehead atoms. The summed E-state index contributed by atoms with van der Waals surface area (Å²) in [4.78, 5) is 15.2. The number of aromatic nitrogens is 3.